The maximum atomic E-state index is 9.21. The van der Waals surface area contributed by atoms with Crippen molar-refractivity contribution in [2.45, 2.75) is 20.0 Å². The molecule has 0 fully saturated rings. The molecule has 2 nitrogen and oxygen atoms in total. The third-order valence-electron chi connectivity index (χ3n) is 3.15. The molecule has 0 saturated carbocycles. The lowest BCUT2D eigenvalue weighted by Crippen LogP contribution is -2.26. The quantitative estimate of drug-likeness (QED) is 0.857. The fraction of sp³-hybridized carbons (Fsp3) is 0.294. The molecule has 2 rings (SSSR count). The highest BCUT2D eigenvalue weighted by molar-refractivity contribution is 5.22. The summed E-state index contributed by atoms with van der Waals surface area (Å²) >= 11 is 0. The molecule has 1 N–H and O–H groups in total. The van der Waals surface area contributed by atoms with Crippen LogP contribution in [0, 0.1) is 6.92 Å². The van der Waals surface area contributed by atoms with Crippen LogP contribution in [0.1, 0.15) is 16.7 Å². The smallest absolute Gasteiger partial charge is 0.0558 e. The first-order valence-corrected chi connectivity index (χ1v) is 6.70. The molecule has 0 aliphatic rings. The van der Waals surface area contributed by atoms with Crippen LogP contribution >= 0.6 is 0 Å². The van der Waals surface area contributed by atoms with Crippen molar-refractivity contribution < 1.29 is 5.11 Å². The van der Waals surface area contributed by atoms with Crippen molar-refractivity contribution in [1.82, 2.24) is 4.90 Å². The molecule has 2 aromatic rings. The van der Waals surface area contributed by atoms with Crippen molar-refractivity contribution in [2.24, 2.45) is 0 Å². The first-order valence-electron chi connectivity index (χ1n) is 6.70. The number of benzene rings is 2. The van der Waals surface area contributed by atoms with E-state index >= 15 is 0 Å². The van der Waals surface area contributed by atoms with Gasteiger partial charge in [-0.3, -0.25) is 4.90 Å². The second-order valence-electron chi connectivity index (χ2n) is 4.91. The summed E-state index contributed by atoms with van der Waals surface area (Å²) in [5.74, 6) is 0. The third-order valence-corrected chi connectivity index (χ3v) is 3.15. The zero-order chi connectivity index (χ0) is 13.5. The maximum absolute atomic E-state index is 9.21. The molecular weight excluding hydrogens is 234 g/mol. The van der Waals surface area contributed by atoms with E-state index in [1.807, 2.05) is 6.07 Å². The fourth-order valence-electron chi connectivity index (χ4n) is 2.27. The van der Waals surface area contributed by atoms with Crippen molar-refractivity contribution >= 4 is 0 Å². The van der Waals surface area contributed by atoms with Gasteiger partial charge in [0.25, 0.3) is 0 Å². The van der Waals surface area contributed by atoms with Crippen LogP contribution in [0.25, 0.3) is 0 Å². The van der Waals surface area contributed by atoms with Crippen molar-refractivity contribution in [3.05, 3.63) is 71.3 Å². The zero-order valence-electron chi connectivity index (χ0n) is 11.4. The predicted octanol–water partition coefficient (Wildman–Crippen LogP) is 2.99. The average molecular weight is 255 g/mol. The van der Waals surface area contributed by atoms with Crippen LogP contribution in [0.15, 0.2) is 54.6 Å². The van der Waals surface area contributed by atoms with Gasteiger partial charge in [0.2, 0.25) is 0 Å². The lowest BCUT2D eigenvalue weighted by molar-refractivity contribution is 0.184. The first kappa shape index (κ1) is 13.8. The molecule has 0 amide bonds. The van der Waals surface area contributed by atoms with E-state index in [1.54, 1.807) is 0 Å². The van der Waals surface area contributed by atoms with E-state index in [0.29, 0.717) is 6.54 Å². The molecule has 0 aliphatic carbocycles. The Balaban J connectivity index is 2.04. The molecule has 0 aromatic heterocycles. The molecule has 0 bridgehead atoms. The molecular formula is C17H21NO. The van der Waals surface area contributed by atoms with Crippen molar-refractivity contribution in [1.29, 1.82) is 0 Å². The van der Waals surface area contributed by atoms with Crippen LogP contribution in [-0.4, -0.2) is 23.2 Å². The largest absolute Gasteiger partial charge is 0.395 e. The number of aliphatic hydroxyl groups is 1. The summed E-state index contributed by atoms with van der Waals surface area (Å²) in [5, 5.41) is 9.21. The van der Waals surface area contributed by atoms with Crippen LogP contribution in [0.4, 0.5) is 0 Å². The Labute approximate surface area is 115 Å². The topological polar surface area (TPSA) is 23.5 Å². The fourth-order valence-corrected chi connectivity index (χ4v) is 2.27. The maximum Gasteiger partial charge on any atom is 0.0558 e. The number of hydrogen-bond acceptors (Lipinski definition) is 2. The summed E-state index contributed by atoms with van der Waals surface area (Å²) in [7, 11) is 0. The standard InChI is InChI=1S/C17H21NO/c1-15-6-5-9-17(12-15)14-18(10-11-19)13-16-7-3-2-4-8-16/h2-9,12,19H,10-11,13-14H2,1H3. The van der Waals surface area contributed by atoms with Gasteiger partial charge in [0.1, 0.15) is 0 Å². The summed E-state index contributed by atoms with van der Waals surface area (Å²) < 4.78 is 0. The normalized spacial score (nSPS) is 10.9. The Bertz CT molecular complexity index is 496. The van der Waals surface area contributed by atoms with Gasteiger partial charge in [-0.2, -0.15) is 0 Å². The Morgan fingerprint density at radius 2 is 1.58 bits per heavy atom. The minimum absolute atomic E-state index is 0.193. The summed E-state index contributed by atoms with van der Waals surface area (Å²) in [6, 6.07) is 18.9. The van der Waals surface area contributed by atoms with Crippen LogP contribution in [0.3, 0.4) is 0 Å². The van der Waals surface area contributed by atoms with E-state index in [9.17, 15) is 5.11 Å². The van der Waals surface area contributed by atoms with Gasteiger partial charge in [-0.25, -0.2) is 0 Å². The molecule has 0 radical (unpaired) electrons. The summed E-state index contributed by atoms with van der Waals surface area (Å²) in [4.78, 5) is 2.27. The lowest BCUT2D eigenvalue weighted by atomic mass is 10.1. The van der Waals surface area contributed by atoms with Crippen molar-refractivity contribution in [3.8, 4) is 0 Å². The zero-order valence-corrected chi connectivity index (χ0v) is 11.4. The molecule has 0 heterocycles. The van der Waals surface area contributed by atoms with E-state index in [4.69, 9.17) is 0 Å². The molecule has 0 atom stereocenters. The second kappa shape index (κ2) is 7.07. The molecule has 0 spiro atoms. The molecule has 0 unspecified atom stereocenters. The Morgan fingerprint density at radius 1 is 0.895 bits per heavy atom. The summed E-state index contributed by atoms with van der Waals surface area (Å²) in [6.07, 6.45) is 0. The van der Waals surface area contributed by atoms with E-state index < -0.39 is 0 Å². The number of hydrogen-bond donors (Lipinski definition) is 1. The highest BCUT2D eigenvalue weighted by Crippen LogP contribution is 2.11. The van der Waals surface area contributed by atoms with E-state index in [2.05, 4.69) is 60.4 Å². The summed E-state index contributed by atoms with van der Waals surface area (Å²) in [5.41, 5.74) is 3.86. The van der Waals surface area contributed by atoms with E-state index in [0.717, 1.165) is 13.1 Å². The minimum Gasteiger partial charge on any atom is -0.395 e. The van der Waals surface area contributed by atoms with Crippen LogP contribution in [0.2, 0.25) is 0 Å². The second-order valence-corrected chi connectivity index (χ2v) is 4.91. The van der Waals surface area contributed by atoms with Gasteiger partial charge >= 0.3 is 0 Å². The molecule has 0 saturated heterocycles. The molecule has 2 aromatic carbocycles. The molecule has 2 heteroatoms. The highest BCUT2D eigenvalue weighted by Gasteiger charge is 2.06. The highest BCUT2D eigenvalue weighted by atomic mass is 16.3. The Hall–Kier alpha value is -1.64. The van der Waals surface area contributed by atoms with Crippen LogP contribution in [-0.2, 0) is 13.1 Å². The van der Waals surface area contributed by atoms with Crippen molar-refractivity contribution in [3.63, 3.8) is 0 Å². The van der Waals surface area contributed by atoms with Gasteiger partial charge < -0.3 is 5.11 Å². The number of aliphatic hydroxyl groups excluding tert-OH is 1. The molecule has 100 valence electrons. The third kappa shape index (κ3) is 4.51. The minimum atomic E-state index is 0.193. The van der Waals surface area contributed by atoms with Gasteiger partial charge in [0, 0.05) is 19.6 Å². The van der Waals surface area contributed by atoms with Crippen LogP contribution < -0.4 is 0 Å². The SMILES string of the molecule is Cc1cccc(CN(CCO)Cc2ccccc2)c1. The number of nitrogens with zero attached hydrogens (tertiary/aromatic N) is 1. The van der Waals surface area contributed by atoms with E-state index in [-0.39, 0.29) is 6.61 Å². The van der Waals surface area contributed by atoms with Crippen molar-refractivity contribution in [2.75, 3.05) is 13.2 Å². The van der Waals surface area contributed by atoms with Gasteiger partial charge in [0.05, 0.1) is 6.61 Å². The molecule has 0 aliphatic heterocycles. The summed E-state index contributed by atoms with van der Waals surface area (Å²) in [6.45, 7) is 4.74. The monoisotopic (exact) mass is 255 g/mol. The van der Waals surface area contributed by atoms with Crippen LogP contribution in [0.5, 0.6) is 0 Å². The van der Waals surface area contributed by atoms with Gasteiger partial charge in [-0.1, -0.05) is 60.2 Å². The Kier molecular flexibility index (Phi) is 5.13. The Morgan fingerprint density at radius 3 is 2.26 bits per heavy atom. The first-order chi connectivity index (χ1) is 9.28. The van der Waals surface area contributed by atoms with E-state index in [1.165, 1.54) is 16.7 Å². The number of aryl methyl sites for hydroxylation is 1. The van der Waals surface area contributed by atoms with Gasteiger partial charge in [-0.15, -0.1) is 0 Å². The number of rotatable bonds is 6. The average Bonchev–Trinajstić information content (AvgIpc) is 2.40. The predicted molar refractivity (Wildman–Crippen MR) is 78.8 cm³/mol. The molecule has 19 heavy (non-hydrogen) atoms. The van der Waals surface area contributed by atoms with Gasteiger partial charge in [0.15, 0.2) is 0 Å². The van der Waals surface area contributed by atoms with Gasteiger partial charge in [-0.05, 0) is 18.1 Å². The lowest BCUT2D eigenvalue weighted by Gasteiger charge is -2.21.